The summed E-state index contributed by atoms with van der Waals surface area (Å²) in [6.07, 6.45) is -4.06. The van der Waals surface area contributed by atoms with E-state index >= 15 is 0 Å². The molecule has 1 aliphatic heterocycles. The van der Waals surface area contributed by atoms with Gasteiger partial charge in [-0.25, -0.2) is 0 Å². The van der Waals surface area contributed by atoms with Crippen molar-refractivity contribution in [2.75, 3.05) is 31.1 Å². The summed E-state index contributed by atoms with van der Waals surface area (Å²) in [6.45, 7) is 2.72. The maximum atomic E-state index is 13.0. The summed E-state index contributed by atoms with van der Waals surface area (Å²) >= 11 is 5.63. The van der Waals surface area contributed by atoms with Gasteiger partial charge in [0.05, 0.1) is 5.56 Å². The topological polar surface area (TPSA) is 62.6 Å². The second kappa shape index (κ2) is 8.51. The molecule has 0 aliphatic carbocycles. The number of piperazine rings is 1. The molecule has 0 radical (unpaired) electrons. The number of carbonyl (C=O) groups is 2. The van der Waals surface area contributed by atoms with Crippen LogP contribution in [0.5, 0.6) is 0 Å². The summed E-state index contributed by atoms with van der Waals surface area (Å²) in [5, 5.41) is -0.587. The molecule has 0 bridgehead atoms. The van der Waals surface area contributed by atoms with Crippen LogP contribution in [0.3, 0.4) is 0 Å². The first-order chi connectivity index (χ1) is 14.1. The molecule has 30 heavy (non-hydrogen) atoms. The predicted octanol–water partition coefficient (Wildman–Crippen LogP) is 3.07. The van der Waals surface area contributed by atoms with Gasteiger partial charge in [-0.1, -0.05) is 11.6 Å². The first-order valence-corrected chi connectivity index (χ1v) is 9.55. The molecule has 0 saturated carbocycles. The number of rotatable bonds is 4. The van der Waals surface area contributed by atoms with Gasteiger partial charge in [0.1, 0.15) is 11.6 Å². The van der Waals surface area contributed by atoms with Crippen molar-refractivity contribution in [1.29, 1.82) is 0 Å². The number of hydrogen-bond donors (Lipinski definition) is 0. The van der Waals surface area contributed by atoms with Gasteiger partial charge >= 0.3 is 6.18 Å². The molecule has 3 rings (SSSR count). The first-order valence-electron chi connectivity index (χ1n) is 9.17. The van der Waals surface area contributed by atoms with E-state index in [2.05, 4.69) is 0 Å². The van der Waals surface area contributed by atoms with Gasteiger partial charge in [0.15, 0.2) is 5.78 Å². The molecule has 160 valence electrons. The Bertz CT molecular complexity index is 1010. The number of anilines is 1. The van der Waals surface area contributed by atoms with Crippen LogP contribution >= 0.6 is 11.6 Å². The van der Waals surface area contributed by atoms with E-state index in [1.165, 1.54) is 11.8 Å². The number of halogens is 4. The Balaban J connectivity index is 1.65. The fraction of sp³-hybridized carbons (Fsp3) is 0.350. The standard InChI is InChI=1S/C20H19ClF3N3O3/c1-13(28)14-2-4-16(5-3-14)25-6-8-26(9-7-25)18(29)12-27-11-15(20(22,23)24)10-17(21)19(27)30/h2-5,10-11H,6-9,12H2,1H3. The molecule has 0 N–H and O–H groups in total. The third-order valence-electron chi connectivity index (χ3n) is 4.95. The van der Waals surface area contributed by atoms with E-state index in [1.807, 2.05) is 17.0 Å². The summed E-state index contributed by atoms with van der Waals surface area (Å²) < 4.78 is 39.5. The van der Waals surface area contributed by atoms with Crippen LogP contribution in [-0.2, 0) is 17.5 Å². The lowest BCUT2D eigenvalue weighted by Crippen LogP contribution is -2.50. The summed E-state index contributed by atoms with van der Waals surface area (Å²) in [5.74, 6) is -0.485. The van der Waals surface area contributed by atoms with Gasteiger partial charge in [-0.15, -0.1) is 0 Å². The van der Waals surface area contributed by atoms with Gasteiger partial charge in [0.25, 0.3) is 5.56 Å². The van der Waals surface area contributed by atoms with E-state index in [0.717, 1.165) is 5.69 Å². The highest BCUT2D eigenvalue weighted by Gasteiger charge is 2.32. The van der Waals surface area contributed by atoms with E-state index < -0.39 is 34.8 Å². The lowest BCUT2D eigenvalue weighted by molar-refractivity contribution is -0.138. The fourth-order valence-corrected chi connectivity index (χ4v) is 3.46. The van der Waals surface area contributed by atoms with Crippen LogP contribution in [0.1, 0.15) is 22.8 Å². The zero-order chi connectivity index (χ0) is 22.1. The minimum Gasteiger partial charge on any atom is -0.368 e. The molecule has 1 amide bonds. The molecule has 6 nitrogen and oxygen atoms in total. The van der Waals surface area contributed by atoms with Gasteiger partial charge in [0.2, 0.25) is 5.91 Å². The molecule has 1 fully saturated rings. The fourth-order valence-electron chi connectivity index (χ4n) is 3.24. The third kappa shape index (κ3) is 4.84. The zero-order valence-electron chi connectivity index (χ0n) is 16.1. The number of amides is 1. The van der Waals surface area contributed by atoms with Crippen molar-refractivity contribution in [3.63, 3.8) is 0 Å². The Hall–Kier alpha value is -2.81. The van der Waals surface area contributed by atoms with Crippen LogP contribution in [0.4, 0.5) is 18.9 Å². The van der Waals surface area contributed by atoms with Crippen molar-refractivity contribution >= 4 is 29.0 Å². The highest BCUT2D eigenvalue weighted by molar-refractivity contribution is 6.30. The molecule has 0 spiro atoms. The molecule has 1 saturated heterocycles. The number of benzene rings is 1. The van der Waals surface area contributed by atoms with Crippen LogP contribution in [0.25, 0.3) is 0 Å². The summed E-state index contributed by atoms with van der Waals surface area (Å²) in [4.78, 5) is 39.5. The number of Topliss-reactive ketones (excluding diaryl/α,β-unsaturated/α-hetero) is 1. The van der Waals surface area contributed by atoms with Crippen LogP contribution in [-0.4, -0.2) is 47.3 Å². The van der Waals surface area contributed by atoms with E-state index in [4.69, 9.17) is 11.6 Å². The molecule has 0 atom stereocenters. The van der Waals surface area contributed by atoms with E-state index in [0.29, 0.717) is 48.6 Å². The van der Waals surface area contributed by atoms with E-state index in [1.54, 1.807) is 12.1 Å². The van der Waals surface area contributed by atoms with Crippen molar-refractivity contribution < 1.29 is 22.8 Å². The highest BCUT2D eigenvalue weighted by Crippen LogP contribution is 2.29. The Morgan fingerprint density at radius 3 is 2.20 bits per heavy atom. The normalized spacial score (nSPS) is 14.7. The van der Waals surface area contributed by atoms with Crippen molar-refractivity contribution in [3.8, 4) is 0 Å². The van der Waals surface area contributed by atoms with Gasteiger partial charge in [-0.3, -0.25) is 14.4 Å². The average Bonchev–Trinajstić information content (AvgIpc) is 2.70. The van der Waals surface area contributed by atoms with Crippen LogP contribution < -0.4 is 10.5 Å². The first kappa shape index (κ1) is 21.9. The molecule has 2 aromatic rings. The Labute approximate surface area is 175 Å². The number of hydrogen-bond acceptors (Lipinski definition) is 4. The molecule has 1 aliphatic rings. The second-order valence-electron chi connectivity index (χ2n) is 6.98. The molecule has 1 aromatic carbocycles. The molecular weight excluding hydrogens is 423 g/mol. The van der Waals surface area contributed by atoms with Crippen LogP contribution in [0.15, 0.2) is 41.3 Å². The Kier molecular flexibility index (Phi) is 6.21. The maximum absolute atomic E-state index is 13.0. The van der Waals surface area contributed by atoms with E-state index in [9.17, 15) is 27.6 Å². The molecule has 10 heteroatoms. The monoisotopic (exact) mass is 441 g/mol. The van der Waals surface area contributed by atoms with Gasteiger partial charge in [-0.05, 0) is 37.3 Å². The maximum Gasteiger partial charge on any atom is 0.417 e. The van der Waals surface area contributed by atoms with Crippen LogP contribution in [0.2, 0.25) is 5.02 Å². The van der Waals surface area contributed by atoms with Gasteiger partial charge in [0, 0.05) is 43.6 Å². The molecule has 0 unspecified atom stereocenters. The summed E-state index contributed by atoms with van der Waals surface area (Å²) in [6, 6.07) is 7.69. The smallest absolute Gasteiger partial charge is 0.368 e. The molecular formula is C20H19ClF3N3O3. The third-order valence-corrected chi connectivity index (χ3v) is 5.22. The SMILES string of the molecule is CC(=O)c1ccc(N2CCN(C(=O)Cn3cc(C(F)(F)F)cc(Cl)c3=O)CC2)cc1. The average molecular weight is 442 g/mol. The van der Waals surface area contributed by atoms with Crippen molar-refractivity contribution in [2.45, 2.75) is 19.6 Å². The van der Waals surface area contributed by atoms with Crippen LogP contribution in [0, 0.1) is 0 Å². The van der Waals surface area contributed by atoms with Crippen molar-refractivity contribution in [3.05, 3.63) is 63.0 Å². The quantitative estimate of drug-likeness (QED) is 0.684. The number of nitrogens with zero attached hydrogens (tertiary/aromatic N) is 3. The highest BCUT2D eigenvalue weighted by atomic mass is 35.5. The van der Waals surface area contributed by atoms with Crippen molar-refractivity contribution in [1.82, 2.24) is 9.47 Å². The zero-order valence-corrected chi connectivity index (χ0v) is 16.8. The largest absolute Gasteiger partial charge is 0.417 e. The predicted molar refractivity (Wildman–Crippen MR) is 106 cm³/mol. The number of carbonyl (C=O) groups excluding carboxylic acids is 2. The second-order valence-corrected chi connectivity index (χ2v) is 7.39. The lowest BCUT2D eigenvalue weighted by atomic mass is 10.1. The number of alkyl halides is 3. The number of aromatic nitrogens is 1. The number of pyridine rings is 1. The Morgan fingerprint density at radius 1 is 1.07 bits per heavy atom. The van der Waals surface area contributed by atoms with Gasteiger partial charge in [-0.2, -0.15) is 13.2 Å². The minimum atomic E-state index is -4.67. The van der Waals surface area contributed by atoms with E-state index in [-0.39, 0.29) is 5.78 Å². The molecule has 2 heterocycles. The Morgan fingerprint density at radius 2 is 1.67 bits per heavy atom. The molecule has 1 aromatic heterocycles. The van der Waals surface area contributed by atoms with Gasteiger partial charge < -0.3 is 14.4 Å². The number of ketones is 1. The minimum absolute atomic E-state index is 0.0260. The van der Waals surface area contributed by atoms with Crippen molar-refractivity contribution in [2.24, 2.45) is 0 Å². The summed E-state index contributed by atoms with van der Waals surface area (Å²) in [7, 11) is 0. The summed E-state index contributed by atoms with van der Waals surface area (Å²) in [5.41, 5.74) is -0.410. The lowest BCUT2D eigenvalue weighted by Gasteiger charge is -2.36.